The van der Waals surface area contributed by atoms with Crippen LogP contribution in [0.1, 0.15) is 45.6 Å². The Morgan fingerprint density at radius 2 is 1.94 bits per heavy atom. The van der Waals surface area contributed by atoms with Gasteiger partial charge in [-0.25, -0.2) is 4.39 Å². The van der Waals surface area contributed by atoms with Crippen molar-refractivity contribution in [2.24, 2.45) is 5.92 Å². The van der Waals surface area contributed by atoms with Crippen molar-refractivity contribution < 1.29 is 9.50 Å². The molecule has 0 fully saturated rings. The minimum Gasteiger partial charge on any atom is -0.508 e. The van der Waals surface area contributed by atoms with Crippen molar-refractivity contribution in [1.82, 2.24) is 5.32 Å². The molecular formula is C15H24FNO. The number of hydrogen-bond acceptors (Lipinski definition) is 2. The second-order valence-electron chi connectivity index (χ2n) is 5.38. The Kier molecular flexibility index (Phi) is 6.13. The van der Waals surface area contributed by atoms with Gasteiger partial charge in [-0.3, -0.25) is 0 Å². The summed E-state index contributed by atoms with van der Waals surface area (Å²) in [7, 11) is 0. The van der Waals surface area contributed by atoms with Crippen LogP contribution < -0.4 is 5.32 Å². The van der Waals surface area contributed by atoms with Crippen molar-refractivity contribution in [2.75, 3.05) is 0 Å². The normalized spacial score (nSPS) is 12.9. The molecule has 3 heteroatoms. The Balaban J connectivity index is 2.33. The third-order valence-corrected chi connectivity index (χ3v) is 3.10. The van der Waals surface area contributed by atoms with Crippen molar-refractivity contribution in [3.05, 3.63) is 29.6 Å². The molecule has 0 amide bonds. The summed E-state index contributed by atoms with van der Waals surface area (Å²) in [6.45, 7) is 7.08. The molecule has 2 nitrogen and oxygen atoms in total. The van der Waals surface area contributed by atoms with Crippen LogP contribution in [-0.4, -0.2) is 11.1 Å². The first-order valence-corrected chi connectivity index (χ1v) is 6.69. The quantitative estimate of drug-likeness (QED) is 0.774. The number of rotatable bonds is 7. The van der Waals surface area contributed by atoms with E-state index in [9.17, 15) is 9.50 Å². The maximum Gasteiger partial charge on any atom is 0.123 e. The van der Waals surface area contributed by atoms with Gasteiger partial charge < -0.3 is 10.4 Å². The summed E-state index contributed by atoms with van der Waals surface area (Å²) in [6, 6.07) is 4.43. The molecule has 1 unspecified atom stereocenters. The number of hydrogen-bond donors (Lipinski definition) is 2. The van der Waals surface area contributed by atoms with Crippen LogP contribution in [0, 0.1) is 11.7 Å². The van der Waals surface area contributed by atoms with Crippen LogP contribution in [0.15, 0.2) is 18.2 Å². The predicted octanol–water partition coefficient (Wildman–Crippen LogP) is 3.84. The van der Waals surface area contributed by atoms with Gasteiger partial charge in [-0.2, -0.15) is 0 Å². The lowest BCUT2D eigenvalue weighted by Crippen LogP contribution is -2.25. The standard InChI is InChI=1S/C15H24FNO/c1-11(2)5-4-6-12(3)17-10-13-9-14(16)7-8-15(13)18/h7-9,11-12,17-18H,4-6,10H2,1-3H3. The van der Waals surface area contributed by atoms with Crippen molar-refractivity contribution in [2.45, 2.75) is 52.6 Å². The van der Waals surface area contributed by atoms with E-state index in [1.54, 1.807) is 0 Å². The van der Waals surface area contributed by atoms with Gasteiger partial charge in [0.15, 0.2) is 0 Å². The number of aromatic hydroxyl groups is 1. The summed E-state index contributed by atoms with van der Waals surface area (Å²) >= 11 is 0. The monoisotopic (exact) mass is 253 g/mol. The van der Waals surface area contributed by atoms with E-state index in [1.807, 2.05) is 0 Å². The summed E-state index contributed by atoms with van der Waals surface area (Å²) in [4.78, 5) is 0. The summed E-state index contributed by atoms with van der Waals surface area (Å²) in [5, 5.41) is 12.9. The lowest BCUT2D eigenvalue weighted by Gasteiger charge is -2.15. The van der Waals surface area contributed by atoms with Gasteiger partial charge in [0.05, 0.1) is 0 Å². The first kappa shape index (κ1) is 15.0. The summed E-state index contributed by atoms with van der Waals surface area (Å²) in [5.41, 5.74) is 0.616. The van der Waals surface area contributed by atoms with Crippen LogP contribution in [0.5, 0.6) is 5.75 Å². The molecule has 1 aromatic carbocycles. The number of benzene rings is 1. The fourth-order valence-electron chi connectivity index (χ4n) is 1.91. The van der Waals surface area contributed by atoms with Crippen LogP contribution in [0.25, 0.3) is 0 Å². The first-order chi connectivity index (χ1) is 8.49. The van der Waals surface area contributed by atoms with Crippen LogP contribution in [0.3, 0.4) is 0 Å². The van der Waals surface area contributed by atoms with Crippen molar-refractivity contribution in [3.8, 4) is 5.75 Å². The Labute approximate surface area is 109 Å². The van der Waals surface area contributed by atoms with Gasteiger partial charge in [-0.1, -0.05) is 26.7 Å². The zero-order chi connectivity index (χ0) is 13.5. The Morgan fingerprint density at radius 3 is 2.61 bits per heavy atom. The van der Waals surface area contributed by atoms with E-state index in [0.29, 0.717) is 18.2 Å². The summed E-state index contributed by atoms with van der Waals surface area (Å²) in [5.74, 6) is 0.583. The third kappa shape index (κ3) is 5.50. The highest BCUT2D eigenvalue weighted by atomic mass is 19.1. The summed E-state index contributed by atoms with van der Waals surface area (Å²) < 4.78 is 13.0. The van der Waals surface area contributed by atoms with Gasteiger partial charge in [0.2, 0.25) is 0 Å². The van der Waals surface area contributed by atoms with E-state index in [-0.39, 0.29) is 11.6 Å². The fourth-order valence-corrected chi connectivity index (χ4v) is 1.91. The maximum atomic E-state index is 13.0. The van der Waals surface area contributed by atoms with Gasteiger partial charge in [-0.15, -0.1) is 0 Å². The molecule has 1 aromatic rings. The van der Waals surface area contributed by atoms with E-state index in [1.165, 1.54) is 31.0 Å². The van der Waals surface area contributed by atoms with Gasteiger partial charge in [0.1, 0.15) is 11.6 Å². The van der Waals surface area contributed by atoms with E-state index in [4.69, 9.17) is 0 Å². The lowest BCUT2D eigenvalue weighted by molar-refractivity contribution is 0.438. The molecule has 0 saturated heterocycles. The highest BCUT2D eigenvalue weighted by Gasteiger charge is 2.06. The van der Waals surface area contributed by atoms with Crippen molar-refractivity contribution in [3.63, 3.8) is 0 Å². The fraction of sp³-hybridized carbons (Fsp3) is 0.600. The molecule has 0 aromatic heterocycles. The lowest BCUT2D eigenvalue weighted by atomic mass is 10.0. The number of halogens is 1. The molecule has 0 saturated carbocycles. The van der Waals surface area contributed by atoms with E-state index in [0.717, 1.165) is 12.3 Å². The predicted molar refractivity (Wildman–Crippen MR) is 73.1 cm³/mol. The van der Waals surface area contributed by atoms with Crippen molar-refractivity contribution >= 4 is 0 Å². The molecule has 0 aliphatic rings. The highest BCUT2D eigenvalue weighted by molar-refractivity contribution is 5.32. The first-order valence-electron chi connectivity index (χ1n) is 6.69. The molecule has 1 atom stereocenters. The molecule has 0 aliphatic heterocycles. The second-order valence-corrected chi connectivity index (χ2v) is 5.38. The van der Waals surface area contributed by atoms with E-state index < -0.39 is 0 Å². The molecule has 0 aliphatic carbocycles. The van der Waals surface area contributed by atoms with Crippen LogP contribution in [-0.2, 0) is 6.54 Å². The average Bonchev–Trinajstić information content (AvgIpc) is 2.30. The molecular weight excluding hydrogens is 229 g/mol. The molecule has 0 heterocycles. The van der Waals surface area contributed by atoms with E-state index >= 15 is 0 Å². The minimum atomic E-state index is -0.308. The SMILES string of the molecule is CC(C)CCCC(C)NCc1cc(F)ccc1O. The van der Waals surface area contributed by atoms with Crippen LogP contribution in [0.4, 0.5) is 4.39 Å². The molecule has 102 valence electrons. The highest BCUT2D eigenvalue weighted by Crippen LogP contribution is 2.18. The average molecular weight is 253 g/mol. The van der Waals surface area contributed by atoms with Crippen LogP contribution >= 0.6 is 0 Å². The Bertz CT molecular complexity index is 366. The Hall–Kier alpha value is -1.09. The molecule has 0 radical (unpaired) electrons. The topological polar surface area (TPSA) is 32.3 Å². The van der Waals surface area contributed by atoms with Crippen molar-refractivity contribution in [1.29, 1.82) is 0 Å². The molecule has 1 rings (SSSR count). The van der Waals surface area contributed by atoms with E-state index in [2.05, 4.69) is 26.1 Å². The number of phenolic OH excluding ortho intramolecular Hbond substituents is 1. The summed E-state index contributed by atoms with van der Waals surface area (Å²) in [6.07, 6.45) is 3.53. The van der Waals surface area contributed by atoms with Crippen LogP contribution in [0.2, 0.25) is 0 Å². The van der Waals surface area contributed by atoms with Gasteiger partial charge >= 0.3 is 0 Å². The third-order valence-electron chi connectivity index (χ3n) is 3.10. The Morgan fingerprint density at radius 1 is 1.22 bits per heavy atom. The second kappa shape index (κ2) is 7.37. The minimum absolute atomic E-state index is 0.151. The van der Waals surface area contributed by atoms with Gasteiger partial charge in [-0.05, 0) is 37.5 Å². The smallest absolute Gasteiger partial charge is 0.123 e. The molecule has 18 heavy (non-hydrogen) atoms. The number of nitrogens with one attached hydrogen (secondary N) is 1. The largest absolute Gasteiger partial charge is 0.508 e. The van der Waals surface area contributed by atoms with Gasteiger partial charge in [0, 0.05) is 18.2 Å². The van der Waals surface area contributed by atoms with Gasteiger partial charge in [0.25, 0.3) is 0 Å². The molecule has 0 bridgehead atoms. The number of phenols is 1. The molecule has 0 spiro atoms. The zero-order valence-corrected chi connectivity index (χ0v) is 11.5. The molecule has 2 N–H and O–H groups in total. The zero-order valence-electron chi connectivity index (χ0n) is 11.5. The maximum absolute atomic E-state index is 13.0.